The first-order valence-electron chi connectivity index (χ1n) is 8.82. The molecular weight excluding hydrogens is 326 g/mol. The van der Waals surface area contributed by atoms with E-state index in [-0.39, 0.29) is 0 Å². The average Bonchev–Trinajstić information content (AvgIpc) is 2.61. The van der Waals surface area contributed by atoms with Gasteiger partial charge in [0.05, 0.1) is 52.9 Å². The minimum atomic E-state index is 0.539. The van der Waals surface area contributed by atoms with Gasteiger partial charge in [0.25, 0.3) is 0 Å². The van der Waals surface area contributed by atoms with Gasteiger partial charge in [-0.15, -0.1) is 0 Å². The zero-order valence-electron chi connectivity index (χ0n) is 14.7. The molecule has 0 aliphatic carbocycles. The Bertz CT molecular complexity index is 471. The van der Waals surface area contributed by atoms with Crippen LogP contribution in [0.1, 0.15) is 12.8 Å². The lowest BCUT2D eigenvalue weighted by Crippen LogP contribution is -2.13. The molecule has 0 saturated heterocycles. The van der Waals surface area contributed by atoms with Crippen molar-refractivity contribution in [1.82, 2.24) is 0 Å². The lowest BCUT2D eigenvalue weighted by molar-refractivity contribution is -0.00396. The van der Waals surface area contributed by atoms with Crippen LogP contribution in [0.4, 0.5) is 5.69 Å². The number of rotatable bonds is 0. The van der Waals surface area contributed by atoms with Crippen LogP contribution >= 0.6 is 0 Å². The molecule has 25 heavy (non-hydrogen) atoms. The molecule has 1 heterocycles. The van der Waals surface area contributed by atoms with Crippen molar-refractivity contribution < 1.29 is 28.4 Å². The molecule has 1 aliphatic heterocycles. The van der Waals surface area contributed by atoms with Crippen molar-refractivity contribution in [2.45, 2.75) is 12.8 Å². The summed E-state index contributed by atoms with van der Waals surface area (Å²) >= 11 is 0. The molecule has 142 valence electrons. The van der Waals surface area contributed by atoms with Crippen molar-refractivity contribution in [1.29, 1.82) is 0 Å². The van der Waals surface area contributed by atoms with E-state index >= 15 is 0 Å². The summed E-state index contributed by atoms with van der Waals surface area (Å²) in [6.07, 6.45) is 1.58. The fourth-order valence-corrected chi connectivity index (χ4v) is 2.20. The van der Waals surface area contributed by atoms with Crippen molar-refractivity contribution in [3.63, 3.8) is 0 Å². The van der Waals surface area contributed by atoms with Crippen molar-refractivity contribution >= 4 is 5.69 Å². The van der Waals surface area contributed by atoms with Gasteiger partial charge in [-0.1, -0.05) is 0 Å². The van der Waals surface area contributed by atoms with E-state index in [9.17, 15) is 0 Å². The van der Waals surface area contributed by atoms with Gasteiger partial charge in [0, 0.05) is 37.8 Å². The summed E-state index contributed by atoms with van der Waals surface area (Å²) in [6, 6.07) is 5.42. The van der Waals surface area contributed by atoms with Gasteiger partial charge in [-0.2, -0.15) is 0 Å². The van der Waals surface area contributed by atoms with Gasteiger partial charge in [-0.3, -0.25) is 0 Å². The lowest BCUT2D eigenvalue weighted by atomic mass is 10.3. The summed E-state index contributed by atoms with van der Waals surface area (Å²) in [4.78, 5) is 0. The smallest absolute Gasteiger partial charge is 0.163 e. The summed E-state index contributed by atoms with van der Waals surface area (Å²) in [7, 11) is 0. The fraction of sp³-hybridized carbons (Fsp3) is 0.667. The van der Waals surface area contributed by atoms with E-state index in [1.54, 1.807) is 12.1 Å². The number of nitrogens with two attached hydrogens (primary N) is 1. The van der Waals surface area contributed by atoms with Crippen molar-refractivity contribution in [2.24, 2.45) is 0 Å². The summed E-state index contributed by atoms with van der Waals surface area (Å²) in [5.41, 5.74) is 6.48. The first-order valence-corrected chi connectivity index (χ1v) is 8.82. The van der Waals surface area contributed by atoms with Gasteiger partial charge in [0.2, 0.25) is 0 Å². The molecule has 0 radical (unpaired) electrons. The van der Waals surface area contributed by atoms with Crippen LogP contribution in [-0.4, -0.2) is 66.1 Å². The maximum absolute atomic E-state index is 5.84. The molecule has 1 aromatic carbocycles. The molecule has 0 spiro atoms. The predicted octanol–water partition coefficient (Wildman–Crippen LogP) is 1.89. The zero-order chi connectivity index (χ0) is 17.6. The first kappa shape index (κ1) is 19.8. The molecule has 0 unspecified atom stereocenters. The van der Waals surface area contributed by atoms with E-state index in [1.165, 1.54) is 0 Å². The Hall–Kier alpha value is -1.54. The van der Waals surface area contributed by atoms with Gasteiger partial charge in [-0.25, -0.2) is 0 Å². The van der Waals surface area contributed by atoms with Crippen LogP contribution in [0.15, 0.2) is 18.2 Å². The Balaban J connectivity index is 1.80. The highest BCUT2D eigenvalue weighted by Crippen LogP contribution is 2.29. The van der Waals surface area contributed by atoms with Crippen LogP contribution in [0.3, 0.4) is 0 Å². The van der Waals surface area contributed by atoms with Crippen molar-refractivity contribution in [3.8, 4) is 11.5 Å². The van der Waals surface area contributed by atoms with Crippen molar-refractivity contribution in [2.75, 3.05) is 71.8 Å². The predicted molar refractivity (Wildman–Crippen MR) is 94.4 cm³/mol. The molecule has 7 heteroatoms. The van der Waals surface area contributed by atoms with Crippen LogP contribution in [-0.2, 0) is 18.9 Å². The first-order chi connectivity index (χ1) is 12.4. The molecule has 0 aromatic heterocycles. The SMILES string of the molecule is Nc1ccc2c(c1)OCCCOCCOCCOCCOCCCO2. The van der Waals surface area contributed by atoms with Crippen LogP contribution in [0.25, 0.3) is 0 Å². The van der Waals surface area contributed by atoms with Crippen LogP contribution < -0.4 is 15.2 Å². The zero-order valence-corrected chi connectivity index (χ0v) is 14.7. The molecule has 0 saturated carbocycles. The maximum Gasteiger partial charge on any atom is 0.163 e. The largest absolute Gasteiger partial charge is 0.490 e. The van der Waals surface area contributed by atoms with Gasteiger partial charge in [0.15, 0.2) is 11.5 Å². The topological polar surface area (TPSA) is 81.4 Å². The number of fused-ring (bicyclic) bond motifs is 1. The number of nitrogen functional groups attached to an aromatic ring is 1. The van der Waals surface area contributed by atoms with Gasteiger partial charge >= 0.3 is 0 Å². The van der Waals surface area contributed by atoms with Gasteiger partial charge < -0.3 is 34.2 Å². The van der Waals surface area contributed by atoms with E-state index in [0.29, 0.717) is 83.3 Å². The minimum absolute atomic E-state index is 0.539. The number of hydrogen-bond donors (Lipinski definition) is 1. The molecule has 1 aromatic rings. The summed E-state index contributed by atoms with van der Waals surface area (Å²) in [5, 5.41) is 0. The van der Waals surface area contributed by atoms with E-state index in [2.05, 4.69) is 0 Å². The average molecular weight is 355 g/mol. The number of ether oxygens (including phenoxy) is 6. The molecule has 0 bridgehead atoms. The molecule has 0 fully saturated rings. The number of benzene rings is 1. The second kappa shape index (κ2) is 12.8. The summed E-state index contributed by atoms with van der Waals surface area (Å²) < 4.78 is 33.4. The summed E-state index contributed by atoms with van der Waals surface area (Å²) in [5.74, 6) is 1.35. The molecule has 1 aliphatic rings. The van der Waals surface area contributed by atoms with Crippen LogP contribution in [0, 0.1) is 0 Å². The maximum atomic E-state index is 5.84. The van der Waals surface area contributed by atoms with Crippen molar-refractivity contribution in [3.05, 3.63) is 18.2 Å². The Morgan fingerprint density at radius 2 is 1.04 bits per heavy atom. The molecule has 0 amide bonds. The monoisotopic (exact) mass is 355 g/mol. The Morgan fingerprint density at radius 3 is 1.60 bits per heavy atom. The molecular formula is C18H29NO6. The highest BCUT2D eigenvalue weighted by atomic mass is 16.6. The number of anilines is 1. The normalized spacial score (nSPS) is 19.8. The fourth-order valence-electron chi connectivity index (χ4n) is 2.20. The molecule has 2 rings (SSSR count). The summed E-state index contributed by atoms with van der Waals surface area (Å²) in [6.45, 7) is 5.74. The Morgan fingerprint density at radius 1 is 0.560 bits per heavy atom. The van der Waals surface area contributed by atoms with Gasteiger partial charge in [0.1, 0.15) is 0 Å². The van der Waals surface area contributed by atoms with Crippen LogP contribution in [0.5, 0.6) is 11.5 Å². The number of hydrogen-bond acceptors (Lipinski definition) is 7. The molecule has 2 N–H and O–H groups in total. The lowest BCUT2D eigenvalue weighted by Gasteiger charge is -2.14. The molecule has 7 nitrogen and oxygen atoms in total. The second-order valence-corrected chi connectivity index (χ2v) is 5.56. The van der Waals surface area contributed by atoms with E-state index in [4.69, 9.17) is 34.2 Å². The molecule has 0 atom stereocenters. The highest BCUT2D eigenvalue weighted by molar-refractivity contribution is 5.51. The van der Waals surface area contributed by atoms with Gasteiger partial charge in [-0.05, 0) is 12.1 Å². The minimum Gasteiger partial charge on any atom is -0.490 e. The highest BCUT2D eigenvalue weighted by Gasteiger charge is 2.06. The van der Waals surface area contributed by atoms with Crippen LogP contribution in [0.2, 0.25) is 0 Å². The standard InChI is InChI=1S/C18H29NO6/c19-16-3-4-17-18(15-16)25-8-2-6-21-10-12-23-14-13-22-11-9-20-5-1-7-24-17/h3-4,15H,1-2,5-14,19H2. The Labute approximate surface area is 149 Å². The van der Waals surface area contributed by atoms with E-state index in [0.717, 1.165) is 12.8 Å². The third-order valence-corrected chi connectivity index (χ3v) is 3.46. The van der Waals surface area contributed by atoms with E-state index in [1.807, 2.05) is 6.07 Å². The second-order valence-electron chi connectivity index (χ2n) is 5.56. The third-order valence-electron chi connectivity index (χ3n) is 3.46. The third kappa shape index (κ3) is 8.92. The van der Waals surface area contributed by atoms with E-state index < -0.39 is 0 Å². The quantitative estimate of drug-likeness (QED) is 0.712. The Kier molecular flexibility index (Phi) is 10.1.